The average molecular weight is 607 g/mol. The Morgan fingerprint density at radius 3 is 2.42 bits per heavy atom. The molecule has 33 heavy (non-hydrogen) atoms. The van der Waals surface area contributed by atoms with E-state index in [1.165, 1.54) is 10.9 Å². The van der Waals surface area contributed by atoms with Gasteiger partial charge in [-0.1, -0.05) is 5.82 Å². The van der Waals surface area contributed by atoms with Gasteiger partial charge in [0.15, 0.2) is 0 Å². The van der Waals surface area contributed by atoms with Crippen molar-refractivity contribution in [3.63, 3.8) is 0 Å². The zero-order chi connectivity index (χ0) is 24.3. The number of aliphatic hydroxyl groups excluding tert-OH is 1. The number of aliphatic hydroxyl groups is 1. The minimum absolute atomic E-state index is 0. The van der Waals surface area contributed by atoms with Crippen LogP contribution in [-0.4, -0.2) is 58.0 Å². The largest absolute Gasteiger partial charge is 0.490 e. The van der Waals surface area contributed by atoms with Crippen molar-refractivity contribution in [2.75, 3.05) is 6.61 Å². The van der Waals surface area contributed by atoms with Crippen LogP contribution in [0.15, 0.2) is 18.6 Å². The Hall–Kier alpha value is -0.146. The third-order valence-electron chi connectivity index (χ3n) is 3.84. The molecule has 0 bridgehead atoms. The number of nitrogens with zero attached hydrogens (tertiary/aromatic N) is 3. The fraction of sp³-hybridized carbons (Fsp3) is 0.462. The molecule has 16 nitrogen and oxygen atoms in total. The maximum atomic E-state index is 11.8. The van der Waals surface area contributed by atoms with Gasteiger partial charge in [0, 0.05) is 57.0 Å². The third kappa shape index (κ3) is 8.78. The smallest absolute Gasteiger partial charge is 0.481 e. The Morgan fingerprint density at radius 2 is 1.82 bits per heavy atom. The summed E-state index contributed by atoms with van der Waals surface area (Å²) in [5.74, 6) is -0.0125. The molecule has 1 radical (unpaired) electrons. The van der Waals surface area contributed by atoms with E-state index in [0.717, 1.165) is 0 Å². The molecule has 1 aliphatic heterocycles. The number of fused-ring (bicyclic) bond motifs is 1. The van der Waals surface area contributed by atoms with E-state index in [1.54, 1.807) is 19.2 Å². The zero-order valence-electron chi connectivity index (χ0n) is 16.9. The number of phosphoric acid groups is 3. The van der Waals surface area contributed by atoms with Crippen molar-refractivity contribution in [2.45, 2.75) is 31.8 Å². The zero-order valence-corrected chi connectivity index (χ0v) is 22.5. The topological polar surface area (TPSA) is 244 Å². The quantitative estimate of drug-likeness (QED) is 0.213. The number of phosphoric ester groups is 1. The van der Waals surface area contributed by atoms with Crippen LogP contribution >= 0.6 is 23.5 Å². The van der Waals surface area contributed by atoms with Crippen LogP contribution < -0.4 is 0 Å². The summed E-state index contributed by atoms with van der Waals surface area (Å²) in [5.41, 5.74) is 8.10. The summed E-state index contributed by atoms with van der Waals surface area (Å²) in [5, 5.41) is 10.6. The molecule has 2 aromatic rings. The summed E-state index contributed by atoms with van der Waals surface area (Å²) in [6.45, 7) is 4.22. The molecule has 0 aliphatic carbocycles. The van der Waals surface area contributed by atoms with E-state index in [2.05, 4.69) is 30.0 Å². The molecular weight excluding hydrogens is 586 g/mol. The van der Waals surface area contributed by atoms with Crippen LogP contribution in [0.4, 0.5) is 5.82 Å². The predicted molar refractivity (Wildman–Crippen MR) is 107 cm³/mol. The first-order valence-corrected chi connectivity index (χ1v) is 13.1. The van der Waals surface area contributed by atoms with Gasteiger partial charge in [0.1, 0.15) is 18.0 Å². The van der Waals surface area contributed by atoms with Crippen molar-refractivity contribution in [1.82, 2.24) is 14.5 Å². The molecule has 1 saturated heterocycles. The Balaban J connectivity index is 0.00000177. The molecular formula is C13H21N4O12P3Y-2. The Labute approximate surface area is 212 Å². The van der Waals surface area contributed by atoms with Crippen LogP contribution in [0.2, 0.25) is 0 Å². The first kappa shape index (κ1) is 30.9. The minimum Gasteiger partial charge on any atom is -0.481 e. The third-order valence-corrected chi connectivity index (χ3v) is 7.64. The van der Waals surface area contributed by atoms with Gasteiger partial charge in [-0.3, -0.25) is 4.52 Å². The average Bonchev–Trinajstić information content (AvgIpc) is 3.23. The van der Waals surface area contributed by atoms with Crippen molar-refractivity contribution in [1.29, 1.82) is 0 Å². The van der Waals surface area contributed by atoms with Crippen molar-refractivity contribution in [3.8, 4) is 0 Å². The maximum Gasteiger partial charge on any atom is 0.490 e. The number of nitrogens with one attached hydrogen (secondary N) is 1. The number of aromatic nitrogens is 3. The van der Waals surface area contributed by atoms with Crippen LogP contribution in [0.1, 0.15) is 19.6 Å². The molecule has 20 heteroatoms. The number of hydrogen-bond donors (Lipinski definition) is 5. The summed E-state index contributed by atoms with van der Waals surface area (Å²) in [7, 11) is -16.5. The van der Waals surface area contributed by atoms with Gasteiger partial charge < -0.3 is 51.6 Å². The first-order chi connectivity index (χ1) is 14.8. The molecule has 5 atom stereocenters. The van der Waals surface area contributed by atoms with Gasteiger partial charge in [0.2, 0.25) is 0 Å². The second kappa shape index (κ2) is 12.2. The van der Waals surface area contributed by atoms with Gasteiger partial charge in [-0.15, -0.1) is 0 Å². The van der Waals surface area contributed by atoms with E-state index in [4.69, 9.17) is 25.2 Å². The first-order valence-electron chi connectivity index (χ1n) is 8.62. The van der Waals surface area contributed by atoms with Gasteiger partial charge in [0.05, 0.1) is 12.7 Å². The van der Waals surface area contributed by atoms with E-state index in [1.807, 2.05) is 0 Å². The van der Waals surface area contributed by atoms with Gasteiger partial charge in [0.25, 0.3) is 0 Å². The number of ether oxygens (including phenoxy) is 1. The SMILES string of the molecule is [CH2-]C.[NH-]c1ncnc2c1ccn2[C@H]1C[C@@H](O)[C@@H](COP(=O)(O)OP(=O)(O)OP(=O)(O)O)O1.[Y]. The second-order valence-corrected chi connectivity index (χ2v) is 10.4. The van der Waals surface area contributed by atoms with E-state index < -0.39 is 48.5 Å². The monoisotopic (exact) mass is 607 g/mol. The maximum absolute atomic E-state index is 11.8. The molecule has 2 aromatic heterocycles. The molecule has 3 rings (SSSR count). The Kier molecular flexibility index (Phi) is 11.4. The molecule has 1 aliphatic rings. The van der Waals surface area contributed by atoms with Crippen molar-refractivity contribution in [3.05, 3.63) is 31.2 Å². The fourth-order valence-corrected chi connectivity index (χ4v) is 5.74. The van der Waals surface area contributed by atoms with Gasteiger partial charge in [-0.25, -0.2) is 18.7 Å². The molecule has 6 N–H and O–H groups in total. The van der Waals surface area contributed by atoms with Crippen LogP contribution in [0.5, 0.6) is 0 Å². The van der Waals surface area contributed by atoms with Crippen LogP contribution in [0, 0.1) is 6.92 Å². The van der Waals surface area contributed by atoms with E-state index >= 15 is 0 Å². The normalized spacial score (nSPS) is 24.3. The second-order valence-electron chi connectivity index (χ2n) is 6.00. The van der Waals surface area contributed by atoms with Crippen LogP contribution in [-0.2, 0) is 64.3 Å². The van der Waals surface area contributed by atoms with E-state index in [-0.39, 0.29) is 44.9 Å². The van der Waals surface area contributed by atoms with Gasteiger partial charge in [-0.2, -0.15) is 15.5 Å². The molecule has 0 aromatic carbocycles. The van der Waals surface area contributed by atoms with Gasteiger partial charge in [-0.05, 0) is 6.07 Å². The molecule has 0 amide bonds. The number of hydrogen-bond acceptors (Lipinski definition) is 10. The van der Waals surface area contributed by atoms with Crippen LogP contribution in [0.3, 0.4) is 0 Å². The molecule has 0 saturated carbocycles. The van der Waals surface area contributed by atoms with Crippen molar-refractivity contribution < 1.29 is 89.0 Å². The van der Waals surface area contributed by atoms with E-state index in [9.17, 15) is 23.7 Å². The Bertz CT molecular complexity index is 1080. The Morgan fingerprint density at radius 1 is 1.18 bits per heavy atom. The summed E-state index contributed by atoms with van der Waals surface area (Å²) in [6.07, 6.45) is -0.377. The summed E-state index contributed by atoms with van der Waals surface area (Å²) < 4.78 is 52.4. The van der Waals surface area contributed by atoms with E-state index in [0.29, 0.717) is 11.0 Å². The summed E-state index contributed by atoms with van der Waals surface area (Å²) in [6, 6.07) is 1.58. The van der Waals surface area contributed by atoms with Crippen LogP contribution in [0.25, 0.3) is 16.8 Å². The summed E-state index contributed by atoms with van der Waals surface area (Å²) in [4.78, 5) is 43.4. The van der Waals surface area contributed by atoms with Crippen molar-refractivity contribution in [2.24, 2.45) is 0 Å². The predicted octanol–water partition coefficient (Wildman–Crippen LogP) is 1.94. The molecule has 185 valence electrons. The van der Waals surface area contributed by atoms with Gasteiger partial charge >= 0.3 is 23.5 Å². The van der Waals surface area contributed by atoms with Crippen molar-refractivity contribution >= 4 is 40.3 Å². The fourth-order valence-electron chi connectivity index (χ4n) is 2.71. The minimum atomic E-state index is -5.64. The summed E-state index contributed by atoms with van der Waals surface area (Å²) >= 11 is 0. The molecule has 0 spiro atoms. The molecule has 3 heterocycles. The molecule has 1 fully saturated rings. The standard InChI is InChI=1S/C11H16N4O12P3.C2H5.Y/c12-10-6-1-2-15(11(6)14-5-13-10)9-3-7(16)8(25-9)4-24-29(20,21)27-30(22,23)26-28(17,18)19;1-2;/h1-2,5,7-9,16H,3-4H2,(H5-,12,13,14,17,18,19,20,21,22,23);1H2,2H3;/q2*-1;/t7-,8-,9-;;/m1../s1. The molecule has 2 unspecified atom stereocenters. The number of rotatable bonds is 8.